The second kappa shape index (κ2) is 8.67. The average Bonchev–Trinajstić information content (AvgIpc) is 2.99. The van der Waals surface area contributed by atoms with Crippen molar-refractivity contribution in [1.29, 1.82) is 0 Å². The fraction of sp³-hybridized carbons (Fsp3) is 0.120. The monoisotopic (exact) mass is 462 g/mol. The van der Waals surface area contributed by atoms with Crippen molar-refractivity contribution in [2.45, 2.75) is 13.5 Å². The number of rotatable bonds is 6. The number of ketones is 2. The van der Waals surface area contributed by atoms with E-state index in [1.165, 1.54) is 0 Å². The Morgan fingerprint density at radius 2 is 1.50 bits per heavy atom. The lowest BCUT2D eigenvalue weighted by Gasteiger charge is -2.15. The van der Waals surface area contributed by atoms with Crippen molar-refractivity contribution < 1.29 is 19.1 Å². The molecule has 3 aromatic rings. The molecule has 0 saturated heterocycles. The molecule has 0 amide bonds. The maximum absolute atomic E-state index is 12.7. The molecule has 4 nitrogen and oxygen atoms in total. The van der Waals surface area contributed by atoms with E-state index in [0.29, 0.717) is 45.9 Å². The quantitative estimate of drug-likeness (QED) is 0.338. The second-order valence-electron chi connectivity index (χ2n) is 6.80. The van der Waals surface area contributed by atoms with Crippen LogP contribution in [-0.2, 0) is 6.61 Å². The molecule has 0 radical (unpaired) electrons. The zero-order valence-electron chi connectivity index (χ0n) is 16.4. The molecule has 30 heavy (non-hydrogen) atoms. The van der Waals surface area contributed by atoms with Gasteiger partial charge in [0.25, 0.3) is 0 Å². The lowest BCUT2D eigenvalue weighted by Crippen LogP contribution is -2.02. The number of allylic oxidation sites excluding steroid dienone is 1. The summed E-state index contributed by atoms with van der Waals surface area (Å²) >= 11 is 3.55. The van der Waals surface area contributed by atoms with E-state index in [1.54, 1.807) is 36.4 Å². The van der Waals surface area contributed by atoms with Crippen LogP contribution in [0.5, 0.6) is 11.5 Å². The average molecular weight is 463 g/mol. The zero-order valence-corrected chi connectivity index (χ0v) is 17.9. The van der Waals surface area contributed by atoms with Crippen LogP contribution in [0.15, 0.2) is 76.8 Å². The summed E-state index contributed by atoms with van der Waals surface area (Å²) in [7, 11) is 0. The van der Waals surface area contributed by atoms with Gasteiger partial charge in [0, 0.05) is 11.1 Å². The Bertz CT molecular complexity index is 1110. The van der Waals surface area contributed by atoms with Gasteiger partial charge < -0.3 is 9.47 Å². The van der Waals surface area contributed by atoms with Gasteiger partial charge in [0.15, 0.2) is 23.1 Å². The minimum atomic E-state index is -0.255. The summed E-state index contributed by atoms with van der Waals surface area (Å²) in [6.07, 6.45) is 1.61. The summed E-state index contributed by atoms with van der Waals surface area (Å²) in [6, 6.07) is 20.3. The van der Waals surface area contributed by atoms with E-state index in [9.17, 15) is 9.59 Å². The third-order valence-electron chi connectivity index (χ3n) is 4.77. The molecule has 4 rings (SSSR count). The summed E-state index contributed by atoms with van der Waals surface area (Å²) in [4.78, 5) is 25.4. The second-order valence-corrected chi connectivity index (χ2v) is 7.65. The van der Waals surface area contributed by atoms with Gasteiger partial charge in [-0.15, -0.1) is 0 Å². The largest absolute Gasteiger partial charge is 0.490 e. The number of hydrogen-bond acceptors (Lipinski definition) is 4. The van der Waals surface area contributed by atoms with Crippen molar-refractivity contribution in [3.05, 3.63) is 99.0 Å². The Balaban J connectivity index is 1.66. The number of Topliss-reactive ketones (excluding diaryl/α,β-unsaturated/α-hetero) is 2. The van der Waals surface area contributed by atoms with Crippen LogP contribution in [-0.4, -0.2) is 18.2 Å². The zero-order chi connectivity index (χ0) is 21.1. The maximum atomic E-state index is 12.7. The smallest absolute Gasteiger partial charge is 0.197 e. The van der Waals surface area contributed by atoms with Crippen molar-refractivity contribution in [3.8, 4) is 11.5 Å². The Morgan fingerprint density at radius 3 is 2.13 bits per heavy atom. The molecule has 150 valence electrons. The van der Waals surface area contributed by atoms with Gasteiger partial charge in [0.05, 0.1) is 16.7 Å². The van der Waals surface area contributed by atoms with E-state index < -0.39 is 0 Å². The van der Waals surface area contributed by atoms with Gasteiger partial charge in [-0.05, 0) is 52.2 Å². The molecular formula is C25H19BrO4. The van der Waals surface area contributed by atoms with Gasteiger partial charge in [-0.25, -0.2) is 0 Å². The van der Waals surface area contributed by atoms with Crippen LogP contribution in [0, 0.1) is 0 Å². The Labute approximate surface area is 183 Å². The van der Waals surface area contributed by atoms with E-state index in [-0.39, 0.29) is 17.1 Å². The summed E-state index contributed by atoms with van der Waals surface area (Å²) in [6.45, 7) is 2.74. The standard InChI is InChI=1S/C25H19BrO4/c1-2-29-22-14-17(12-20-23(27)18-10-6-7-11-19(18)24(20)28)13-21(26)25(22)30-15-16-8-4-3-5-9-16/h3-14H,2,15H2,1H3. The van der Waals surface area contributed by atoms with Gasteiger partial charge in [0.1, 0.15) is 6.61 Å². The van der Waals surface area contributed by atoms with E-state index in [0.717, 1.165) is 5.56 Å². The maximum Gasteiger partial charge on any atom is 0.197 e. The molecule has 0 bridgehead atoms. The first-order valence-electron chi connectivity index (χ1n) is 9.61. The minimum absolute atomic E-state index is 0.156. The fourth-order valence-electron chi connectivity index (χ4n) is 3.37. The number of carbonyl (C=O) groups is 2. The molecule has 1 aliphatic rings. The molecule has 0 atom stereocenters. The molecule has 0 unspecified atom stereocenters. The van der Waals surface area contributed by atoms with E-state index >= 15 is 0 Å². The first-order valence-corrected chi connectivity index (χ1v) is 10.4. The van der Waals surface area contributed by atoms with Gasteiger partial charge in [0.2, 0.25) is 0 Å². The fourth-order valence-corrected chi connectivity index (χ4v) is 3.95. The number of halogens is 1. The Kier molecular flexibility index (Phi) is 5.81. The third kappa shape index (κ3) is 3.94. The molecule has 0 saturated carbocycles. The minimum Gasteiger partial charge on any atom is -0.490 e. The first-order chi connectivity index (χ1) is 14.6. The molecular weight excluding hydrogens is 444 g/mol. The predicted molar refractivity (Wildman–Crippen MR) is 119 cm³/mol. The van der Waals surface area contributed by atoms with E-state index in [1.807, 2.05) is 43.3 Å². The third-order valence-corrected chi connectivity index (χ3v) is 5.36. The van der Waals surface area contributed by atoms with Crippen molar-refractivity contribution in [1.82, 2.24) is 0 Å². The van der Waals surface area contributed by atoms with Crippen LogP contribution < -0.4 is 9.47 Å². The lowest BCUT2D eigenvalue weighted by molar-refractivity contribution is 0.0990. The highest BCUT2D eigenvalue weighted by Gasteiger charge is 2.32. The SMILES string of the molecule is CCOc1cc(C=C2C(=O)c3ccccc3C2=O)cc(Br)c1OCc1ccccc1. The van der Waals surface area contributed by atoms with Crippen LogP contribution in [0.2, 0.25) is 0 Å². The van der Waals surface area contributed by atoms with Crippen molar-refractivity contribution in [2.75, 3.05) is 6.61 Å². The summed E-state index contributed by atoms with van der Waals surface area (Å²) < 4.78 is 12.5. The van der Waals surface area contributed by atoms with Crippen LogP contribution in [0.3, 0.4) is 0 Å². The summed E-state index contributed by atoms with van der Waals surface area (Å²) in [5, 5.41) is 0. The van der Waals surface area contributed by atoms with Crippen molar-refractivity contribution in [2.24, 2.45) is 0 Å². The highest BCUT2D eigenvalue weighted by molar-refractivity contribution is 9.10. The molecule has 5 heteroatoms. The number of carbonyl (C=O) groups excluding carboxylic acids is 2. The number of ether oxygens (including phenoxy) is 2. The van der Waals surface area contributed by atoms with Gasteiger partial charge in [-0.3, -0.25) is 9.59 Å². The predicted octanol–water partition coefficient (Wildman–Crippen LogP) is 5.89. The van der Waals surface area contributed by atoms with Crippen LogP contribution in [0.4, 0.5) is 0 Å². The summed E-state index contributed by atoms with van der Waals surface area (Å²) in [5.74, 6) is 0.614. The number of benzene rings is 3. The molecule has 0 aromatic heterocycles. The van der Waals surface area contributed by atoms with Gasteiger partial charge in [-0.1, -0.05) is 54.6 Å². The van der Waals surface area contributed by atoms with Crippen LogP contribution in [0.25, 0.3) is 6.08 Å². The highest BCUT2D eigenvalue weighted by atomic mass is 79.9. The molecule has 0 fully saturated rings. The van der Waals surface area contributed by atoms with Crippen LogP contribution >= 0.6 is 15.9 Å². The summed E-state index contributed by atoms with van der Waals surface area (Å²) in [5.41, 5.74) is 2.77. The first kappa shape index (κ1) is 20.1. The molecule has 3 aromatic carbocycles. The Hall–Kier alpha value is -3.18. The van der Waals surface area contributed by atoms with Crippen molar-refractivity contribution in [3.63, 3.8) is 0 Å². The Morgan fingerprint density at radius 1 is 0.867 bits per heavy atom. The normalized spacial score (nSPS) is 12.7. The molecule has 0 spiro atoms. The molecule has 1 aliphatic carbocycles. The number of hydrogen-bond donors (Lipinski definition) is 0. The van der Waals surface area contributed by atoms with Crippen LogP contribution in [0.1, 0.15) is 38.8 Å². The van der Waals surface area contributed by atoms with Gasteiger partial charge >= 0.3 is 0 Å². The van der Waals surface area contributed by atoms with E-state index in [2.05, 4.69) is 15.9 Å². The van der Waals surface area contributed by atoms with E-state index in [4.69, 9.17) is 9.47 Å². The van der Waals surface area contributed by atoms with Gasteiger partial charge in [-0.2, -0.15) is 0 Å². The molecule has 0 aliphatic heterocycles. The van der Waals surface area contributed by atoms with Crippen molar-refractivity contribution >= 4 is 33.6 Å². The topological polar surface area (TPSA) is 52.6 Å². The lowest BCUT2D eigenvalue weighted by atomic mass is 10.1. The number of fused-ring (bicyclic) bond motifs is 1. The molecule has 0 N–H and O–H groups in total. The molecule has 0 heterocycles. The highest BCUT2D eigenvalue weighted by Crippen LogP contribution is 2.39.